The molecule has 0 aliphatic carbocycles. The van der Waals surface area contributed by atoms with Crippen molar-refractivity contribution in [3.05, 3.63) is 84.2 Å². The lowest BCUT2D eigenvalue weighted by atomic mass is 10.2. The van der Waals surface area contributed by atoms with Gasteiger partial charge < -0.3 is 19.5 Å². The number of aryl methyl sites for hydroxylation is 1. The zero-order valence-corrected chi connectivity index (χ0v) is 17.2. The summed E-state index contributed by atoms with van der Waals surface area (Å²) in [5.74, 6) is 1.38. The molecule has 8 heteroatoms. The molecule has 4 aromatic rings. The van der Waals surface area contributed by atoms with Crippen molar-refractivity contribution in [2.45, 2.75) is 13.5 Å². The van der Waals surface area contributed by atoms with E-state index in [0.717, 1.165) is 16.5 Å². The minimum Gasteiger partial charge on any atom is -0.489 e. The molecule has 1 N–H and O–H groups in total. The van der Waals surface area contributed by atoms with Crippen LogP contribution >= 0.6 is 0 Å². The summed E-state index contributed by atoms with van der Waals surface area (Å²) in [6.45, 7) is 1.02. The fourth-order valence-corrected chi connectivity index (χ4v) is 3.08. The van der Waals surface area contributed by atoms with Crippen molar-refractivity contribution in [2.24, 2.45) is 0 Å². The van der Waals surface area contributed by atoms with Crippen LogP contribution in [0, 0.1) is 6.92 Å². The van der Waals surface area contributed by atoms with Crippen LogP contribution in [0.1, 0.15) is 11.1 Å². The lowest BCUT2D eigenvalue weighted by Gasteiger charge is -2.14. The highest BCUT2D eigenvalue weighted by atomic mass is 19.1. The van der Waals surface area contributed by atoms with Gasteiger partial charge in [0.2, 0.25) is 6.86 Å². The number of carbonyl (C=O) groups excluding carboxylic acids is 1. The number of alkyl halides is 1. The molecule has 0 atom stereocenters. The SMILES string of the molecule is Cc1ccc(Nc2ncnc3cc(OCc4ccccc4)ccc23)c(OC(=O)OCF)c1. The van der Waals surface area contributed by atoms with E-state index >= 15 is 0 Å². The van der Waals surface area contributed by atoms with Gasteiger partial charge in [0.15, 0.2) is 5.75 Å². The van der Waals surface area contributed by atoms with Crippen LogP contribution in [0.3, 0.4) is 0 Å². The highest BCUT2D eigenvalue weighted by Crippen LogP contribution is 2.32. The number of nitrogens with one attached hydrogen (secondary N) is 1. The van der Waals surface area contributed by atoms with E-state index in [4.69, 9.17) is 9.47 Å². The van der Waals surface area contributed by atoms with Crippen LogP contribution in [0.25, 0.3) is 10.9 Å². The first-order valence-electron chi connectivity index (χ1n) is 9.82. The van der Waals surface area contributed by atoms with E-state index in [1.807, 2.05) is 61.5 Å². The summed E-state index contributed by atoms with van der Waals surface area (Å²) < 4.78 is 27.5. The summed E-state index contributed by atoms with van der Waals surface area (Å²) in [6.07, 6.45) is 0.298. The summed E-state index contributed by atoms with van der Waals surface area (Å²) in [7, 11) is 0. The van der Waals surface area contributed by atoms with Gasteiger partial charge in [-0.25, -0.2) is 19.2 Å². The number of halogens is 1. The molecule has 4 rings (SSSR count). The van der Waals surface area contributed by atoms with Crippen molar-refractivity contribution in [2.75, 3.05) is 12.2 Å². The van der Waals surface area contributed by atoms with Crippen LogP contribution < -0.4 is 14.8 Å². The maximum atomic E-state index is 12.3. The van der Waals surface area contributed by atoms with Gasteiger partial charge in [-0.15, -0.1) is 0 Å². The number of hydrogen-bond acceptors (Lipinski definition) is 7. The topological polar surface area (TPSA) is 82.6 Å². The van der Waals surface area contributed by atoms with Gasteiger partial charge in [0.1, 0.15) is 24.5 Å². The minimum absolute atomic E-state index is 0.193. The molecule has 0 radical (unpaired) electrons. The second-order valence-corrected chi connectivity index (χ2v) is 6.91. The Hall–Kier alpha value is -4.20. The quantitative estimate of drug-likeness (QED) is 0.296. The molecule has 0 bridgehead atoms. The van der Waals surface area contributed by atoms with E-state index in [-0.39, 0.29) is 5.75 Å². The van der Waals surface area contributed by atoms with Crippen molar-refractivity contribution in [3.63, 3.8) is 0 Å². The van der Waals surface area contributed by atoms with E-state index in [9.17, 15) is 9.18 Å². The molecule has 0 saturated heterocycles. The van der Waals surface area contributed by atoms with E-state index in [2.05, 4.69) is 20.0 Å². The summed E-state index contributed by atoms with van der Waals surface area (Å²) in [6, 6.07) is 20.6. The number of nitrogens with zero attached hydrogens (tertiary/aromatic N) is 2. The van der Waals surface area contributed by atoms with Crippen LogP contribution in [-0.4, -0.2) is 23.0 Å². The Balaban J connectivity index is 1.57. The van der Waals surface area contributed by atoms with Crippen molar-refractivity contribution < 1.29 is 23.4 Å². The second kappa shape index (κ2) is 9.74. The summed E-state index contributed by atoms with van der Waals surface area (Å²) in [5.41, 5.74) is 3.07. The predicted molar refractivity (Wildman–Crippen MR) is 118 cm³/mol. The number of aromatic nitrogens is 2. The highest BCUT2D eigenvalue weighted by molar-refractivity contribution is 5.92. The van der Waals surface area contributed by atoms with Crippen LogP contribution in [0.5, 0.6) is 11.5 Å². The third-order valence-electron chi connectivity index (χ3n) is 4.61. The largest absolute Gasteiger partial charge is 0.516 e. The molecule has 0 unspecified atom stereocenters. The van der Waals surface area contributed by atoms with Gasteiger partial charge in [-0.05, 0) is 42.3 Å². The predicted octanol–water partition coefficient (Wildman–Crippen LogP) is 5.70. The van der Waals surface area contributed by atoms with Gasteiger partial charge in [0.25, 0.3) is 0 Å². The Bertz CT molecular complexity index is 1230. The summed E-state index contributed by atoms with van der Waals surface area (Å²) >= 11 is 0. The second-order valence-electron chi connectivity index (χ2n) is 6.91. The third kappa shape index (κ3) is 5.10. The normalized spacial score (nSPS) is 10.6. The van der Waals surface area contributed by atoms with E-state index in [1.54, 1.807) is 12.1 Å². The van der Waals surface area contributed by atoms with Crippen molar-refractivity contribution in [3.8, 4) is 11.5 Å². The molecule has 7 nitrogen and oxygen atoms in total. The number of hydrogen-bond donors (Lipinski definition) is 1. The van der Waals surface area contributed by atoms with Gasteiger partial charge in [-0.1, -0.05) is 36.4 Å². The summed E-state index contributed by atoms with van der Waals surface area (Å²) in [4.78, 5) is 20.2. The van der Waals surface area contributed by atoms with E-state index in [1.165, 1.54) is 6.33 Å². The van der Waals surface area contributed by atoms with Gasteiger partial charge in [0.05, 0.1) is 11.2 Å². The van der Waals surface area contributed by atoms with Crippen LogP contribution in [0.2, 0.25) is 0 Å². The first kappa shape index (κ1) is 21.0. The minimum atomic E-state index is -1.27. The molecule has 162 valence electrons. The lowest BCUT2D eigenvalue weighted by molar-refractivity contribution is 0.0612. The number of benzene rings is 3. The highest BCUT2D eigenvalue weighted by Gasteiger charge is 2.13. The van der Waals surface area contributed by atoms with E-state index in [0.29, 0.717) is 29.4 Å². The molecule has 0 saturated carbocycles. The van der Waals surface area contributed by atoms with E-state index < -0.39 is 13.0 Å². The Morgan fingerprint density at radius 3 is 2.69 bits per heavy atom. The van der Waals surface area contributed by atoms with Crippen LogP contribution in [-0.2, 0) is 11.3 Å². The zero-order valence-electron chi connectivity index (χ0n) is 17.2. The Labute approximate surface area is 183 Å². The number of rotatable bonds is 7. The molecule has 0 aliphatic heterocycles. The molecule has 32 heavy (non-hydrogen) atoms. The zero-order chi connectivity index (χ0) is 22.3. The first-order chi connectivity index (χ1) is 15.6. The number of anilines is 2. The molecule has 0 aliphatic rings. The molecule has 0 fully saturated rings. The van der Waals surface area contributed by atoms with Crippen molar-refractivity contribution >= 4 is 28.6 Å². The maximum Gasteiger partial charge on any atom is 0.516 e. The molecule has 0 spiro atoms. The van der Waals surface area contributed by atoms with Crippen molar-refractivity contribution in [1.82, 2.24) is 9.97 Å². The Kier molecular flexibility index (Phi) is 6.41. The van der Waals surface area contributed by atoms with Crippen LogP contribution in [0.4, 0.5) is 20.7 Å². The monoisotopic (exact) mass is 433 g/mol. The maximum absolute atomic E-state index is 12.3. The summed E-state index contributed by atoms with van der Waals surface area (Å²) in [5, 5.41) is 3.90. The standard InChI is InChI=1S/C24H20FN3O4/c1-16-7-10-20(22(11-16)32-24(29)31-14-25)28-23-19-9-8-18(12-21(19)26-15-27-23)30-13-17-5-3-2-4-6-17/h2-12,15H,13-14H2,1H3,(H,26,27,28). The first-order valence-corrected chi connectivity index (χ1v) is 9.82. The molecular formula is C24H20FN3O4. The fraction of sp³-hybridized carbons (Fsp3) is 0.125. The van der Waals surface area contributed by atoms with Gasteiger partial charge in [-0.2, -0.15) is 0 Å². The fourth-order valence-electron chi connectivity index (χ4n) is 3.08. The number of carbonyl (C=O) groups is 1. The molecule has 1 heterocycles. The Morgan fingerprint density at radius 1 is 1.03 bits per heavy atom. The third-order valence-corrected chi connectivity index (χ3v) is 4.61. The number of ether oxygens (including phenoxy) is 3. The van der Waals surface area contributed by atoms with Crippen LogP contribution in [0.15, 0.2) is 73.1 Å². The average Bonchev–Trinajstić information content (AvgIpc) is 2.80. The molecule has 1 aromatic heterocycles. The average molecular weight is 433 g/mol. The van der Waals surface area contributed by atoms with Crippen molar-refractivity contribution in [1.29, 1.82) is 0 Å². The molecule has 3 aromatic carbocycles. The molecule has 0 amide bonds. The van der Waals surface area contributed by atoms with Gasteiger partial charge >= 0.3 is 6.16 Å². The van der Waals surface area contributed by atoms with Gasteiger partial charge in [0, 0.05) is 11.5 Å². The smallest absolute Gasteiger partial charge is 0.489 e. The lowest BCUT2D eigenvalue weighted by Crippen LogP contribution is -2.11. The molecular weight excluding hydrogens is 413 g/mol. The van der Waals surface area contributed by atoms with Gasteiger partial charge in [-0.3, -0.25) is 0 Å². The Morgan fingerprint density at radius 2 is 1.88 bits per heavy atom. The number of fused-ring (bicyclic) bond motifs is 1.